The number of fused-ring (bicyclic) bond motifs is 2. The molecule has 0 saturated carbocycles. The van der Waals surface area contributed by atoms with Crippen LogP contribution in [0.3, 0.4) is 0 Å². The number of benzene rings is 3. The van der Waals surface area contributed by atoms with E-state index in [1.807, 2.05) is 51.1 Å². The summed E-state index contributed by atoms with van der Waals surface area (Å²) in [6, 6.07) is 10.9. The van der Waals surface area contributed by atoms with Crippen molar-refractivity contribution in [3.05, 3.63) is 81.2 Å². The Morgan fingerprint density at radius 1 is 1.09 bits per heavy atom. The Balaban J connectivity index is 1.72. The summed E-state index contributed by atoms with van der Waals surface area (Å²) in [5, 5.41) is 9.68. The van der Waals surface area contributed by atoms with Gasteiger partial charge in [-0.3, -0.25) is 9.59 Å². The number of rotatable bonds is 4. The minimum Gasteiger partial charge on any atom is -0.490 e. The second kappa shape index (κ2) is 8.84. The summed E-state index contributed by atoms with van der Waals surface area (Å²) in [7, 11) is 0. The molecule has 1 N–H and O–H groups in total. The lowest BCUT2D eigenvalue weighted by Crippen LogP contribution is -2.29. The highest BCUT2D eigenvalue weighted by Crippen LogP contribution is 2.45. The van der Waals surface area contributed by atoms with Crippen molar-refractivity contribution < 1.29 is 23.8 Å². The number of aliphatic carboxylic acids is 1. The summed E-state index contributed by atoms with van der Waals surface area (Å²) < 4.78 is 20.8. The van der Waals surface area contributed by atoms with E-state index in [2.05, 4.69) is 0 Å². The molecule has 180 valence electrons. The van der Waals surface area contributed by atoms with E-state index in [1.54, 1.807) is 4.90 Å². The van der Waals surface area contributed by atoms with Crippen molar-refractivity contribution in [2.24, 2.45) is 0 Å². The fraction of sp³-hybridized carbons (Fsp3) is 0.310. The highest BCUT2D eigenvalue weighted by Gasteiger charge is 2.32. The predicted octanol–water partition coefficient (Wildman–Crippen LogP) is 5.57. The van der Waals surface area contributed by atoms with E-state index < -0.39 is 11.8 Å². The van der Waals surface area contributed by atoms with Crippen molar-refractivity contribution in [2.75, 3.05) is 18.1 Å². The first-order chi connectivity index (χ1) is 16.8. The zero-order valence-electron chi connectivity index (χ0n) is 20.2. The molecule has 2 aliphatic rings. The van der Waals surface area contributed by atoms with Crippen LogP contribution in [-0.2, 0) is 24.1 Å². The van der Waals surface area contributed by atoms with Crippen molar-refractivity contribution >= 4 is 17.6 Å². The highest BCUT2D eigenvalue weighted by atomic mass is 19.1. The maximum absolute atomic E-state index is 15.2. The summed E-state index contributed by atoms with van der Waals surface area (Å²) in [4.78, 5) is 27.0. The van der Waals surface area contributed by atoms with Gasteiger partial charge in [0.15, 0.2) is 11.6 Å². The molecule has 35 heavy (non-hydrogen) atoms. The molecule has 0 fully saturated rings. The molecule has 0 radical (unpaired) electrons. The first-order valence-corrected chi connectivity index (χ1v) is 12.0. The number of hydrogen-bond donors (Lipinski definition) is 1. The third-order valence-electron chi connectivity index (χ3n) is 7.16. The third kappa shape index (κ3) is 3.97. The van der Waals surface area contributed by atoms with Crippen molar-refractivity contribution in [3.63, 3.8) is 0 Å². The van der Waals surface area contributed by atoms with Gasteiger partial charge in [0.25, 0.3) is 5.91 Å². The first-order valence-electron chi connectivity index (χ1n) is 12.0. The number of amides is 1. The van der Waals surface area contributed by atoms with E-state index in [9.17, 15) is 14.7 Å². The van der Waals surface area contributed by atoms with Gasteiger partial charge < -0.3 is 14.7 Å². The van der Waals surface area contributed by atoms with Crippen LogP contribution < -0.4 is 9.64 Å². The van der Waals surface area contributed by atoms with Gasteiger partial charge >= 0.3 is 5.97 Å². The SMILES string of the molecule is Cc1cccc(C(=O)N2CCc3c2cc(C)c(CC(=O)O)c3-c2cc(F)c3c(c2C)CCCO3)c1. The molecule has 0 atom stereocenters. The molecule has 0 saturated heterocycles. The zero-order chi connectivity index (χ0) is 24.9. The normalized spacial score (nSPS) is 14.3. The number of carbonyl (C=O) groups is 2. The Morgan fingerprint density at radius 3 is 2.63 bits per heavy atom. The fourth-order valence-electron chi connectivity index (χ4n) is 5.49. The van der Waals surface area contributed by atoms with E-state index >= 15 is 4.39 Å². The topological polar surface area (TPSA) is 66.8 Å². The number of ether oxygens (including phenoxy) is 1. The number of anilines is 1. The molecule has 0 aromatic heterocycles. The van der Waals surface area contributed by atoms with Crippen LogP contribution in [0, 0.1) is 26.6 Å². The largest absolute Gasteiger partial charge is 0.490 e. The van der Waals surface area contributed by atoms with Gasteiger partial charge in [0.2, 0.25) is 0 Å². The van der Waals surface area contributed by atoms with Crippen LogP contribution in [-0.4, -0.2) is 30.1 Å². The Morgan fingerprint density at radius 2 is 1.89 bits per heavy atom. The number of halogens is 1. The van der Waals surface area contributed by atoms with E-state index in [0.717, 1.165) is 45.5 Å². The number of carbonyl (C=O) groups excluding carboxylic acids is 1. The predicted molar refractivity (Wildman–Crippen MR) is 133 cm³/mol. The molecule has 0 unspecified atom stereocenters. The zero-order valence-corrected chi connectivity index (χ0v) is 20.2. The quantitative estimate of drug-likeness (QED) is 0.538. The van der Waals surface area contributed by atoms with Crippen molar-refractivity contribution in [2.45, 2.75) is 46.5 Å². The number of carboxylic acid groups (broad SMARTS) is 1. The van der Waals surface area contributed by atoms with Gasteiger partial charge in [0.1, 0.15) is 0 Å². The Kier molecular flexibility index (Phi) is 5.83. The first kappa shape index (κ1) is 23.1. The summed E-state index contributed by atoms with van der Waals surface area (Å²) in [5.74, 6) is -1.16. The Bertz CT molecular complexity index is 1380. The lowest BCUT2D eigenvalue weighted by atomic mass is 9.84. The monoisotopic (exact) mass is 473 g/mol. The van der Waals surface area contributed by atoms with Gasteiger partial charge in [0.05, 0.1) is 13.0 Å². The molecule has 2 aliphatic heterocycles. The van der Waals surface area contributed by atoms with Crippen LogP contribution in [0.1, 0.15) is 50.2 Å². The van der Waals surface area contributed by atoms with Gasteiger partial charge in [-0.05, 0) is 97.7 Å². The average Bonchev–Trinajstić information content (AvgIpc) is 3.24. The molecule has 2 heterocycles. The van der Waals surface area contributed by atoms with E-state index in [-0.39, 0.29) is 12.3 Å². The van der Waals surface area contributed by atoms with Crippen molar-refractivity contribution in [3.8, 4) is 16.9 Å². The number of carboxylic acids is 1. The summed E-state index contributed by atoms with van der Waals surface area (Å²) in [6.07, 6.45) is 1.92. The number of nitrogens with zero attached hydrogens (tertiary/aromatic N) is 1. The van der Waals surface area contributed by atoms with Gasteiger partial charge in [0, 0.05) is 23.4 Å². The average molecular weight is 474 g/mol. The maximum Gasteiger partial charge on any atom is 0.307 e. The second-order valence-corrected chi connectivity index (χ2v) is 9.48. The molecule has 0 aliphatic carbocycles. The highest BCUT2D eigenvalue weighted by molar-refractivity contribution is 6.08. The van der Waals surface area contributed by atoms with E-state index in [1.165, 1.54) is 6.07 Å². The van der Waals surface area contributed by atoms with Crippen molar-refractivity contribution in [1.82, 2.24) is 0 Å². The van der Waals surface area contributed by atoms with Crippen LogP contribution in [0.4, 0.5) is 10.1 Å². The Hall–Kier alpha value is -3.67. The lowest BCUT2D eigenvalue weighted by molar-refractivity contribution is -0.136. The number of hydrogen-bond acceptors (Lipinski definition) is 3. The molecule has 0 bridgehead atoms. The van der Waals surface area contributed by atoms with Gasteiger partial charge in [-0.1, -0.05) is 17.7 Å². The van der Waals surface area contributed by atoms with Crippen molar-refractivity contribution in [1.29, 1.82) is 0 Å². The molecule has 3 aromatic carbocycles. The van der Waals surface area contributed by atoms with Crippen LogP contribution in [0.15, 0.2) is 36.4 Å². The van der Waals surface area contributed by atoms with Crippen LogP contribution in [0.2, 0.25) is 0 Å². The fourth-order valence-corrected chi connectivity index (χ4v) is 5.49. The molecular formula is C29H28FNO4. The van der Waals surface area contributed by atoms with Crippen LogP contribution >= 0.6 is 0 Å². The molecule has 1 amide bonds. The van der Waals surface area contributed by atoms with Gasteiger partial charge in [-0.2, -0.15) is 0 Å². The summed E-state index contributed by atoms with van der Waals surface area (Å²) in [5.41, 5.74) is 7.90. The van der Waals surface area contributed by atoms with Crippen LogP contribution in [0.25, 0.3) is 11.1 Å². The molecule has 6 heteroatoms. The van der Waals surface area contributed by atoms with Crippen LogP contribution in [0.5, 0.6) is 5.75 Å². The minimum atomic E-state index is -0.945. The smallest absolute Gasteiger partial charge is 0.307 e. The lowest BCUT2D eigenvalue weighted by Gasteiger charge is -2.25. The third-order valence-corrected chi connectivity index (χ3v) is 7.16. The van der Waals surface area contributed by atoms with Gasteiger partial charge in [-0.15, -0.1) is 0 Å². The summed E-state index contributed by atoms with van der Waals surface area (Å²) >= 11 is 0. The van der Waals surface area contributed by atoms with E-state index in [0.29, 0.717) is 48.4 Å². The standard InChI is InChI=1S/C29H28FNO4/c1-16-6-4-7-19(12-16)29(34)31-10-9-21-25(31)13-17(2)22(15-26(32)33)27(21)23-14-24(30)28-20(18(23)3)8-5-11-35-28/h4,6-7,12-14H,5,8-11,15H2,1-3H3,(H,32,33). The van der Waals surface area contributed by atoms with E-state index in [4.69, 9.17) is 4.74 Å². The Labute approximate surface area is 204 Å². The van der Waals surface area contributed by atoms with Gasteiger partial charge in [-0.25, -0.2) is 4.39 Å². The molecule has 5 rings (SSSR count). The molecule has 0 spiro atoms. The second-order valence-electron chi connectivity index (χ2n) is 9.48. The molecule has 3 aromatic rings. The molecule has 5 nitrogen and oxygen atoms in total. The summed E-state index contributed by atoms with van der Waals surface area (Å²) in [6.45, 7) is 6.74. The molecular weight excluding hydrogens is 445 g/mol. The maximum atomic E-state index is 15.2. The minimum absolute atomic E-state index is 0.0921. The number of aryl methyl sites for hydroxylation is 2.